The summed E-state index contributed by atoms with van der Waals surface area (Å²) in [5, 5.41) is 4.55. The molecule has 0 aromatic heterocycles. The Morgan fingerprint density at radius 2 is 1.77 bits per heavy atom. The van der Waals surface area contributed by atoms with E-state index in [-0.39, 0.29) is 10.5 Å². The predicted molar refractivity (Wildman–Crippen MR) is 94.0 cm³/mol. The van der Waals surface area contributed by atoms with Gasteiger partial charge < -0.3 is 10.1 Å². The van der Waals surface area contributed by atoms with Gasteiger partial charge in [0.1, 0.15) is 0 Å². The molecule has 144 valence electrons. The second kappa shape index (κ2) is 8.28. The van der Waals surface area contributed by atoms with Crippen molar-refractivity contribution in [2.45, 2.75) is 31.2 Å². The number of sulfonamides is 1. The van der Waals surface area contributed by atoms with E-state index in [2.05, 4.69) is 5.32 Å². The van der Waals surface area contributed by atoms with Gasteiger partial charge >= 0.3 is 12.0 Å². The first-order valence-electron chi connectivity index (χ1n) is 7.64. The summed E-state index contributed by atoms with van der Waals surface area (Å²) in [6.45, 7) is 4.55. The van der Waals surface area contributed by atoms with Crippen LogP contribution in [0.2, 0.25) is 0 Å². The fraction of sp³-hybridized carbons (Fsp3) is 0.438. The van der Waals surface area contributed by atoms with Gasteiger partial charge in [0, 0.05) is 19.6 Å². The van der Waals surface area contributed by atoms with Gasteiger partial charge in [0.05, 0.1) is 10.5 Å². The lowest BCUT2D eigenvalue weighted by Gasteiger charge is -2.20. The molecule has 3 amide bonds. The third-order valence-corrected chi connectivity index (χ3v) is 4.74. The maximum Gasteiger partial charge on any atom is 0.338 e. The molecule has 0 atom stereocenters. The second-order valence-corrected chi connectivity index (χ2v) is 8.80. The summed E-state index contributed by atoms with van der Waals surface area (Å²) < 4.78 is 30.0. The Morgan fingerprint density at radius 3 is 2.31 bits per heavy atom. The van der Waals surface area contributed by atoms with Crippen LogP contribution in [-0.2, 0) is 19.6 Å². The minimum absolute atomic E-state index is 0.0279. The van der Waals surface area contributed by atoms with E-state index < -0.39 is 40.1 Å². The Labute approximate surface area is 152 Å². The van der Waals surface area contributed by atoms with Gasteiger partial charge in [-0.3, -0.25) is 10.1 Å². The van der Waals surface area contributed by atoms with Crippen LogP contribution in [0.15, 0.2) is 29.2 Å². The highest BCUT2D eigenvalue weighted by Crippen LogP contribution is 2.15. The first kappa shape index (κ1) is 21.6. The lowest BCUT2D eigenvalue weighted by molar-refractivity contribution is -0.123. The number of nitrogens with one attached hydrogen (secondary N) is 2. The van der Waals surface area contributed by atoms with E-state index in [1.54, 1.807) is 20.8 Å². The Balaban J connectivity index is 2.69. The topological polar surface area (TPSA) is 122 Å². The number of rotatable bonds is 5. The van der Waals surface area contributed by atoms with Crippen LogP contribution in [0.5, 0.6) is 0 Å². The summed E-state index contributed by atoms with van der Waals surface area (Å²) >= 11 is 0. The van der Waals surface area contributed by atoms with Crippen molar-refractivity contribution in [2.24, 2.45) is 0 Å². The SMILES string of the molecule is CN(C)S(=O)(=O)c1cccc(C(=O)OCC(=O)NC(=O)NC(C)(C)C)c1. The van der Waals surface area contributed by atoms with E-state index in [4.69, 9.17) is 4.74 Å². The van der Waals surface area contributed by atoms with Gasteiger partial charge in [0.25, 0.3) is 5.91 Å². The van der Waals surface area contributed by atoms with E-state index in [1.807, 2.05) is 5.32 Å². The first-order valence-corrected chi connectivity index (χ1v) is 9.08. The molecule has 0 saturated heterocycles. The number of nitrogens with zero attached hydrogens (tertiary/aromatic N) is 1. The van der Waals surface area contributed by atoms with Gasteiger partial charge in [-0.05, 0) is 39.0 Å². The van der Waals surface area contributed by atoms with E-state index >= 15 is 0 Å². The molecule has 0 aliphatic heterocycles. The van der Waals surface area contributed by atoms with E-state index in [0.717, 1.165) is 10.4 Å². The zero-order valence-electron chi connectivity index (χ0n) is 15.3. The predicted octanol–water partition coefficient (Wildman–Crippen LogP) is 0.718. The van der Waals surface area contributed by atoms with Crippen molar-refractivity contribution < 1.29 is 27.5 Å². The minimum Gasteiger partial charge on any atom is -0.452 e. The van der Waals surface area contributed by atoms with Crippen LogP contribution in [0.1, 0.15) is 31.1 Å². The highest BCUT2D eigenvalue weighted by Gasteiger charge is 2.20. The molecular weight excluding hydrogens is 362 g/mol. The summed E-state index contributed by atoms with van der Waals surface area (Å²) in [4.78, 5) is 35.1. The largest absolute Gasteiger partial charge is 0.452 e. The number of carbonyl (C=O) groups excluding carboxylic acids is 3. The molecule has 0 aliphatic carbocycles. The fourth-order valence-electron chi connectivity index (χ4n) is 1.74. The van der Waals surface area contributed by atoms with E-state index in [0.29, 0.717) is 0 Å². The minimum atomic E-state index is -3.70. The third kappa shape index (κ3) is 6.45. The van der Waals surface area contributed by atoms with Crippen LogP contribution in [0, 0.1) is 0 Å². The zero-order chi connectivity index (χ0) is 20.1. The molecule has 0 fully saturated rings. The Bertz CT molecular complexity index is 796. The van der Waals surface area contributed by atoms with Crippen LogP contribution < -0.4 is 10.6 Å². The molecule has 1 aromatic carbocycles. The van der Waals surface area contributed by atoms with Crippen molar-refractivity contribution >= 4 is 27.9 Å². The highest BCUT2D eigenvalue weighted by molar-refractivity contribution is 7.89. The molecule has 0 radical (unpaired) electrons. The van der Waals surface area contributed by atoms with Crippen molar-refractivity contribution in [3.8, 4) is 0 Å². The van der Waals surface area contributed by atoms with Crippen LogP contribution >= 0.6 is 0 Å². The lowest BCUT2D eigenvalue weighted by Crippen LogP contribution is -2.49. The van der Waals surface area contributed by atoms with Crippen molar-refractivity contribution in [1.29, 1.82) is 0 Å². The van der Waals surface area contributed by atoms with Crippen molar-refractivity contribution in [3.05, 3.63) is 29.8 Å². The highest BCUT2D eigenvalue weighted by atomic mass is 32.2. The zero-order valence-corrected chi connectivity index (χ0v) is 16.1. The summed E-state index contributed by atoms with van der Waals surface area (Å²) in [6.07, 6.45) is 0. The molecule has 1 aromatic rings. The molecule has 0 spiro atoms. The molecule has 0 unspecified atom stereocenters. The van der Waals surface area contributed by atoms with Crippen LogP contribution in [-0.4, -0.2) is 56.9 Å². The molecule has 0 saturated carbocycles. The van der Waals surface area contributed by atoms with Crippen LogP contribution in [0.25, 0.3) is 0 Å². The summed E-state index contributed by atoms with van der Waals surface area (Å²) in [7, 11) is -0.967. The number of hydrogen-bond donors (Lipinski definition) is 2. The fourth-order valence-corrected chi connectivity index (χ4v) is 2.69. The molecule has 9 nitrogen and oxygen atoms in total. The van der Waals surface area contributed by atoms with E-state index in [9.17, 15) is 22.8 Å². The van der Waals surface area contributed by atoms with Crippen LogP contribution in [0.4, 0.5) is 4.79 Å². The Morgan fingerprint density at radius 1 is 1.15 bits per heavy atom. The number of amides is 3. The Hall–Kier alpha value is -2.46. The second-order valence-electron chi connectivity index (χ2n) is 6.64. The number of benzene rings is 1. The average molecular weight is 385 g/mol. The monoisotopic (exact) mass is 385 g/mol. The molecule has 1 rings (SSSR count). The maximum atomic E-state index is 12.1. The van der Waals surface area contributed by atoms with Crippen molar-refractivity contribution in [3.63, 3.8) is 0 Å². The third-order valence-electron chi connectivity index (χ3n) is 2.92. The lowest BCUT2D eigenvalue weighted by atomic mass is 10.1. The molecule has 0 aliphatic rings. The number of imide groups is 1. The molecular formula is C16H23N3O6S. The number of esters is 1. The molecule has 0 heterocycles. The van der Waals surface area contributed by atoms with E-state index in [1.165, 1.54) is 32.3 Å². The summed E-state index contributed by atoms with van der Waals surface area (Å²) in [5.41, 5.74) is -0.556. The molecule has 0 bridgehead atoms. The molecule has 26 heavy (non-hydrogen) atoms. The van der Waals surface area contributed by atoms with Crippen molar-refractivity contribution in [1.82, 2.24) is 14.9 Å². The molecule has 10 heteroatoms. The first-order chi connectivity index (χ1) is 11.8. The summed E-state index contributed by atoms with van der Waals surface area (Å²) in [6, 6.07) is 4.54. The van der Waals surface area contributed by atoms with Gasteiger partial charge in [-0.15, -0.1) is 0 Å². The Kier molecular flexibility index (Phi) is 6.87. The maximum absolute atomic E-state index is 12.1. The number of hydrogen-bond acceptors (Lipinski definition) is 6. The van der Waals surface area contributed by atoms with Gasteiger partial charge in [0.2, 0.25) is 10.0 Å². The summed E-state index contributed by atoms with van der Waals surface area (Å²) in [5.74, 6) is -1.69. The molecule has 2 N–H and O–H groups in total. The van der Waals surface area contributed by atoms with Crippen molar-refractivity contribution in [2.75, 3.05) is 20.7 Å². The standard InChI is InChI=1S/C16H23N3O6S/c1-16(2,3)18-15(22)17-13(20)10-25-14(21)11-7-6-8-12(9-11)26(23,24)19(4)5/h6-9H,10H2,1-5H3,(H2,17,18,20,22). The van der Waals surface area contributed by atoms with Gasteiger partial charge in [-0.1, -0.05) is 6.07 Å². The van der Waals surface area contributed by atoms with Crippen LogP contribution in [0.3, 0.4) is 0 Å². The van der Waals surface area contributed by atoms with Gasteiger partial charge in [-0.2, -0.15) is 0 Å². The normalized spacial score (nSPS) is 11.8. The smallest absolute Gasteiger partial charge is 0.338 e. The average Bonchev–Trinajstić information content (AvgIpc) is 2.50. The quantitative estimate of drug-likeness (QED) is 0.720. The number of urea groups is 1. The number of ether oxygens (including phenoxy) is 1. The number of carbonyl (C=O) groups is 3. The van der Waals surface area contributed by atoms with Gasteiger partial charge in [0.15, 0.2) is 6.61 Å². The van der Waals surface area contributed by atoms with Gasteiger partial charge in [-0.25, -0.2) is 22.3 Å².